The van der Waals surface area contributed by atoms with Gasteiger partial charge in [-0.2, -0.15) is 0 Å². The first-order chi connectivity index (χ1) is 10.6. The topological polar surface area (TPSA) is 61.8 Å². The molecule has 0 N–H and O–H groups in total. The Morgan fingerprint density at radius 2 is 2.32 bits per heavy atom. The van der Waals surface area contributed by atoms with Crippen molar-refractivity contribution >= 4 is 22.4 Å². The zero-order valence-corrected chi connectivity index (χ0v) is 14.0. The summed E-state index contributed by atoms with van der Waals surface area (Å²) >= 11 is 1.57. The highest BCUT2D eigenvalue weighted by molar-refractivity contribution is 7.13. The normalized spacial score (nSPS) is 26.4. The predicted molar refractivity (Wildman–Crippen MR) is 85.2 cm³/mol. The maximum absolute atomic E-state index is 11.9. The predicted octanol–water partition coefficient (Wildman–Crippen LogP) is 0.298. The smallest absolute Gasteiger partial charge is 0.236 e. The highest BCUT2D eigenvalue weighted by atomic mass is 32.1. The highest BCUT2D eigenvalue weighted by Crippen LogP contribution is 2.31. The van der Waals surface area contributed by atoms with Crippen LogP contribution in [0.4, 0.5) is 5.13 Å². The minimum absolute atomic E-state index is 0.147. The van der Waals surface area contributed by atoms with Crippen LogP contribution in [0.15, 0.2) is 5.51 Å². The summed E-state index contributed by atoms with van der Waals surface area (Å²) in [6, 6.07) is 0. The molecule has 1 unspecified atom stereocenters. The number of likely N-dealkylation sites (tertiary alicyclic amines) is 1. The van der Waals surface area contributed by atoms with E-state index in [2.05, 4.69) is 20.0 Å². The molecule has 2 aliphatic heterocycles. The van der Waals surface area contributed by atoms with Crippen LogP contribution >= 0.6 is 11.3 Å². The molecule has 1 aromatic rings. The fraction of sp³-hybridized carbons (Fsp3) is 0.786. The molecule has 2 fully saturated rings. The van der Waals surface area contributed by atoms with Crippen molar-refractivity contribution in [3.8, 4) is 0 Å². The number of hydrogen-bond acceptors (Lipinski definition) is 7. The van der Waals surface area contributed by atoms with Gasteiger partial charge in [0.05, 0.1) is 25.3 Å². The van der Waals surface area contributed by atoms with Crippen molar-refractivity contribution in [2.45, 2.75) is 18.4 Å². The second-order valence-electron chi connectivity index (χ2n) is 6.28. The van der Waals surface area contributed by atoms with E-state index in [9.17, 15) is 4.79 Å². The summed E-state index contributed by atoms with van der Waals surface area (Å²) in [7, 11) is 3.60. The number of nitrogens with zero attached hydrogens (tertiary/aromatic N) is 5. The van der Waals surface area contributed by atoms with E-state index in [4.69, 9.17) is 4.74 Å². The molecule has 122 valence electrons. The van der Waals surface area contributed by atoms with Crippen LogP contribution in [-0.2, 0) is 9.53 Å². The van der Waals surface area contributed by atoms with E-state index in [1.54, 1.807) is 35.8 Å². The van der Waals surface area contributed by atoms with Gasteiger partial charge in [-0.1, -0.05) is 11.3 Å². The lowest BCUT2D eigenvalue weighted by Crippen LogP contribution is -2.60. The van der Waals surface area contributed by atoms with Crippen molar-refractivity contribution in [1.29, 1.82) is 0 Å². The molecule has 8 heteroatoms. The Morgan fingerprint density at radius 1 is 1.45 bits per heavy atom. The van der Waals surface area contributed by atoms with Gasteiger partial charge >= 0.3 is 0 Å². The van der Waals surface area contributed by atoms with Crippen LogP contribution in [0.1, 0.15) is 12.8 Å². The number of amides is 1. The van der Waals surface area contributed by atoms with E-state index in [-0.39, 0.29) is 11.5 Å². The Morgan fingerprint density at radius 3 is 3.05 bits per heavy atom. The number of morpholine rings is 1. The van der Waals surface area contributed by atoms with Gasteiger partial charge in [0.2, 0.25) is 11.0 Å². The average molecular weight is 325 g/mol. The Kier molecular flexibility index (Phi) is 4.60. The number of rotatable bonds is 3. The minimum atomic E-state index is -0.186. The van der Waals surface area contributed by atoms with Crippen molar-refractivity contribution in [3.63, 3.8) is 0 Å². The minimum Gasteiger partial charge on any atom is -0.370 e. The molecular formula is C14H23N5O2S. The first-order valence-corrected chi connectivity index (χ1v) is 8.54. The Bertz CT molecular complexity index is 505. The summed E-state index contributed by atoms with van der Waals surface area (Å²) in [5.41, 5.74) is 1.58. The molecular weight excluding hydrogens is 302 g/mol. The second-order valence-corrected chi connectivity index (χ2v) is 7.09. The molecule has 1 spiro atoms. The van der Waals surface area contributed by atoms with Crippen molar-refractivity contribution in [1.82, 2.24) is 20.0 Å². The molecule has 1 aromatic heterocycles. The number of carbonyl (C=O) groups excluding carboxylic acids is 1. The fourth-order valence-corrected chi connectivity index (χ4v) is 3.81. The van der Waals surface area contributed by atoms with Gasteiger partial charge in [-0.3, -0.25) is 9.69 Å². The van der Waals surface area contributed by atoms with Crippen molar-refractivity contribution < 1.29 is 9.53 Å². The molecule has 22 heavy (non-hydrogen) atoms. The van der Waals surface area contributed by atoms with Crippen LogP contribution in [0.2, 0.25) is 0 Å². The standard InChI is InChI=1S/C14H23N5O2S/c1-17(2)12(20)8-18-5-3-4-14(9-18)10-19(6-7-21-14)13-16-15-11-22-13/h11H,3-10H2,1-2H3. The maximum atomic E-state index is 11.9. The van der Waals surface area contributed by atoms with Crippen LogP contribution in [-0.4, -0.2) is 84.9 Å². The zero-order valence-electron chi connectivity index (χ0n) is 13.2. The summed E-state index contributed by atoms with van der Waals surface area (Å²) in [5, 5.41) is 9.07. The molecule has 1 amide bonds. The van der Waals surface area contributed by atoms with Crippen LogP contribution < -0.4 is 4.90 Å². The number of piperidine rings is 1. The van der Waals surface area contributed by atoms with Gasteiger partial charge < -0.3 is 14.5 Å². The van der Waals surface area contributed by atoms with Crippen LogP contribution in [0, 0.1) is 0 Å². The molecule has 0 bridgehead atoms. The van der Waals surface area contributed by atoms with Crippen LogP contribution in [0.3, 0.4) is 0 Å². The van der Waals surface area contributed by atoms with Gasteiger partial charge in [-0.15, -0.1) is 10.2 Å². The summed E-state index contributed by atoms with van der Waals surface area (Å²) in [4.78, 5) is 18.1. The van der Waals surface area contributed by atoms with Crippen LogP contribution in [0.5, 0.6) is 0 Å². The molecule has 7 nitrogen and oxygen atoms in total. The lowest BCUT2D eigenvalue weighted by atomic mass is 9.91. The van der Waals surface area contributed by atoms with E-state index in [1.807, 2.05) is 0 Å². The number of ether oxygens (including phenoxy) is 1. The van der Waals surface area contributed by atoms with Crippen molar-refractivity contribution in [3.05, 3.63) is 5.51 Å². The van der Waals surface area contributed by atoms with Gasteiger partial charge in [0.1, 0.15) is 5.51 Å². The lowest BCUT2D eigenvalue weighted by Gasteiger charge is -2.47. The fourth-order valence-electron chi connectivity index (χ4n) is 3.22. The van der Waals surface area contributed by atoms with Crippen molar-refractivity contribution in [2.75, 3.05) is 58.3 Å². The molecule has 0 radical (unpaired) electrons. The molecule has 3 heterocycles. The first kappa shape index (κ1) is 15.6. The van der Waals surface area contributed by atoms with Gasteiger partial charge in [0.15, 0.2) is 0 Å². The zero-order chi connectivity index (χ0) is 15.6. The number of likely N-dealkylation sites (N-methyl/N-ethyl adjacent to an activating group) is 1. The maximum Gasteiger partial charge on any atom is 0.236 e. The number of hydrogen-bond donors (Lipinski definition) is 0. The molecule has 2 aliphatic rings. The molecule has 0 saturated carbocycles. The second kappa shape index (κ2) is 6.47. The average Bonchev–Trinajstić information content (AvgIpc) is 3.01. The largest absolute Gasteiger partial charge is 0.370 e. The molecule has 3 rings (SSSR count). The van der Waals surface area contributed by atoms with E-state index in [0.717, 1.165) is 44.2 Å². The van der Waals surface area contributed by atoms with E-state index in [1.165, 1.54) is 0 Å². The lowest BCUT2D eigenvalue weighted by molar-refractivity contribution is -0.134. The summed E-state index contributed by atoms with van der Waals surface area (Å²) in [6.07, 6.45) is 2.10. The van der Waals surface area contributed by atoms with Crippen molar-refractivity contribution in [2.24, 2.45) is 0 Å². The first-order valence-electron chi connectivity index (χ1n) is 7.66. The Hall–Kier alpha value is -1.25. The number of carbonyl (C=O) groups is 1. The van der Waals surface area contributed by atoms with Gasteiger partial charge in [0, 0.05) is 27.2 Å². The summed E-state index contributed by atoms with van der Waals surface area (Å²) in [6.45, 7) is 4.62. The van der Waals surface area contributed by atoms with E-state index in [0.29, 0.717) is 13.2 Å². The Labute approximate surface area is 134 Å². The number of anilines is 1. The monoisotopic (exact) mass is 325 g/mol. The van der Waals surface area contributed by atoms with E-state index >= 15 is 0 Å². The quantitative estimate of drug-likeness (QED) is 0.796. The van der Waals surface area contributed by atoms with Gasteiger partial charge in [0.25, 0.3) is 0 Å². The summed E-state index contributed by atoms with van der Waals surface area (Å²) < 4.78 is 6.16. The third-order valence-electron chi connectivity index (χ3n) is 4.34. The van der Waals surface area contributed by atoms with Gasteiger partial charge in [-0.05, 0) is 19.4 Å². The third-order valence-corrected chi connectivity index (χ3v) is 5.09. The summed E-state index contributed by atoms with van der Waals surface area (Å²) in [5.74, 6) is 0.147. The number of aromatic nitrogens is 2. The molecule has 1 atom stereocenters. The SMILES string of the molecule is CN(C)C(=O)CN1CCCC2(C1)CN(c1nncs1)CCO2. The van der Waals surface area contributed by atoms with E-state index < -0.39 is 0 Å². The third kappa shape index (κ3) is 3.39. The molecule has 0 aliphatic carbocycles. The Balaban J connectivity index is 1.65. The highest BCUT2D eigenvalue weighted by Gasteiger charge is 2.41. The molecule has 2 saturated heterocycles. The molecule has 0 aromatic carbocycles. The van der Waals surface area contributed by atoms with Crippen LogP contribution in [0.25, 0.3) is 0 Å². The van der Waals surface area contributed by atoms with Gasteiger partial charge in [-0.25, -0.2) is 0 Å².